The van der Waals surface area contributed by atoms with Crippen LogP contribution in [-0.4, -0.2) is 18.4 Å². The lowest BCUT2D eigenvalue weighted by Crippen LogP contribution is -2.31. The SMILES string of the molecule is CC1(C)CC1C(=O)NOCC(N)=O. The standard InChI is InChI=1S/C8H14N2O3/c1-8(2)3-5(8)7(12)10-13-4-6(9)11/h5H,3-4H2,1-2H3,(H2,9,11)(H,10,12). The van der Waals surface area contributed by atoms with Crippen molar-refractivity contribution < 1.29 is 14.4 Å². The van der Waals surface area contributed by atoms with E-state index in [4.69, 9.17) is 5.73 Å². The molecule has 2 amide bonds. The van der Waals surface area contributed by atoms with Crippen molar-refractivity contribution in [3.8, 4) is 0 Å². The van der Waals surface area contributed by atoms with Crippen molar-refractivity contribution in [2.24, 2.45) is 17.1 Å². The molecule has 0 aromatic rings. The van der Waals surface area contributed by atoms with Crippen molar-refractivity contribution >= 4 is 11.8 Å². The van der Waals surface area contributed by atoms with Gasteiger partial charge in [0, 0.05) is 5.92 Å². The zero-order valence-electron chi connectivity index (χ0n) is 7.79. The van der Waals surface area contributed by atoms with Gasteiger partial charge in [-0.3, -0.25) is 14.4 Å². The minimum atomic E-state index is -0.602. The van der Waals surface area contributed by atoms with Crippen molar-refractivity contribution in [1.82, 2.24) is 5.48 Å². The molecule has 1 fully saturated rings. The van der Waals surface area contributed by atoms with Crippen molar-refractivity contribution in [2.45, 2.75) is 20.3 Å². The molecular weight excluding hydrogens is 172 g/mol. The minimum absolute atomic E-state index is 0.000349. The van der Waals surface area contributed by atoms with E-state index in [2.05, 4.69) is 10.3 Å². The zero-order chi connectivity index (χ0) is 10.1. The van der Waals surface area contributed by atoms with Crippen LogP contribution in [0.1, 0.15) is 20.3 Å². The number of carbonyl (C=O) groups excluding carboxylic acids is 2. The van der Waals surface area contributed by atoms with Gasteiger partial charge in [0.1, 0.15) is 0 Å². The summed E-state index contributed by atoms with van der Waals surface area (Å²) in [4.78, 5) is 26.0. The van der Waals surface area contributed by atoms with Crippen LogP contribution in [0.15, 0.2) is 0 Å². The predicted molar refractivity (Wildman–Crippen MR) is 45.2 cm³/mol. The fourth-order valence-electron chi connectivity index (χ4n) is 1.16. The third-order valence-corrected chi connectivity index (χ3v) is 2.22. The summed E-state index contributed by atoms with van der Waals surface area (Å²) in [6, 6.07) is 0. The highest BCUT2D eigenvalue weighted by molar-refractivity contribution is 5.81. The molecule has 1 unspecified atom stereocenters. The zero-order valence-corrected chi connectivity index (χ0v) is 7.79. The van der Waals surface area contributed by atoms with Gasteiger partial charge in [-0.1, -0.05) is 13.8 Å². The number of rotatable bonds is 4. The Morgan fingerprint density at radius 3 is 2.54 bits per heavy atom. The van der Waals surface area contributed by atoms with E-state index < -0.39 is 5.91 Å². The molecule has 1 atom stereocenters. The van der Waals surface area contributed by atoms with Gasteiger partial charge in [-0.15, -0.1) is 0 Å². The van der Waals surface area contributed by atoms with Gasteiger partial charge >= 0.3 is 0 Å². The summed E-state index contributed by atoms with van der Waals surface area (Å²) in [5, 5.41) is 0. The van der Waals surface area contributed by atoms with Gasteiger partial charge < -0.3 is 5.73 Å². The van der Waals surface area contributed by atoms with Crippen molar-refractivity contribution in [3.63, 3.8) is 0 Å². The molecule has 13 heavy (non-hydrogen) atoms. The van der Waals surface area contributed by atoms with Gasteiger partial charge in [0.05, 0.1) is 0 Å². The summed E-state index contributed by atoms with van der Waals surface area (Å²) in [5.74, 6) is -0.776. The van der Waals surface area contributed by atoms with Gasteiger partial charge in [-0.2, -0.15) is 0 Å². The number of hydrogen-bond donors (Lipinski definition) is 2. The topological polar surface area (TPSA) is 81.4 Å². The molecule has 1 saturated carbocycles. The third-order valence-electron chi connectivity index (χ3n) is 2.22. The fraction of sp³-hybridized carbons (Fsp3) is 0.750. The maximum absolute atomic E-state index is 11.2. The summed E-state index contributed by atoms with van der Waals surface area (Å²) >= 11 is 0. The molecule has 74 valence electrons. The lowest BCUT2D eigenvalue weighted by molar-refractivity contribution is -0.139. The van der Waals surface area contributed by atoms with Crippen LogP contribution >= 0.6 is 0 Å². The fourth-order valence-corrected chi connectivity index (χ4v) is 1.16. The molecule has 5 nitrogen and oxygen atoms in total. The van der Waals surface area contributed by atoms with Crippen LogP contribution in [0.3, 0.4) is 0 Å². The molecule has 0 bridgehead atoms. The maximum Gasteiger partial charge on any atom is 0.247 e. The highest BCUT2D eigenvalue weighted by Crippen LogP contribution is 2.51. The first-order valence-electron chi connectivity index (χ1n) is 4.13. The van der Waals surface area contributed by atoms with Gasteiger partial charge in [-0.25, -0.2) is 5.48 Å². The summed E-state index contributed by atoms with van der Waals surface area (Å²) in [7, 11) is 0. The Kier molecular flexibility index (Phi) is 2.56. The molecule has 3 N–H and O–H groups in total. The molecular formula is C8H14N2O3. The lowest BCUT2D eigenvalue weighted by Gasteiger charge is -2.04. The number of nitrogens with two attached hydrogens (primary N) is 1. The monoisotopic (exact) mass is 186 g/mol. The molecule has 0 heterocycles. The largest absolute Gasteiger partial charge is 0.368 e. The predicted octanol–water partition coefficient (Wildman–Crippen LogP) is -0.434. The first kappa shape index (κ1) is 9.98. The summed E-state index contributed by atoms with van der Waals surface area (Å²) in [6.07, 6.45) is 0.860. The number of hydrogen-bond acceptors (Lipinski definition) is 3. The normalized spacial score (nSPS) is 23.7. The number of nitrogens with one attached hydrogen (secondary N) is 1. The number of hydroxylamine groups is 1. The molecule has 0 aromatic carbocycles. The molecule has 0 spiro atoms. The van der Waals surface area contributed by atoms with Gasteiger partial charge in [0.15, 0.2) is 6.61 Å². The molecule has 1 rings (SSSR count). The Bertz CT molecular complexity index is 238. The van der Waals surface area contributed by atoms with Crippen molar-refractivity contribution in [2.75, 3.05) is 6.61 Å². The smallest absolute Gasteiger partial charge is 0.247 e. The van der Waals surface area contributed by atoms with Crippen LogP contribution in [0, 0.1) is 11.3 Å². The minimum Gasteiger partial charge on any atom is -0.368 e. The second kappa shape index (κ2) is 3.33. The summed E-state index contributed by atoms with van der Waals surface area (Å²) in [5.41, 5.74) is 7.07. The van der Waals surface area contributed by atoms with Crippen LogP contribution in [0.25, 0.3) is 0 Å². The molecule has 5 heteroatoms. The van der Waals surface area contributed by atoms with E-state index in [9.17, 15) is 9.59 Å². The highest BCUT2D eigenvalue weighted by Gasteiger charge is 2.50. The van der Waals surface area contributed by atoms with E-state index in [0.29, 0.717) is 0 Å². The first-order chi connectivity index (χ1) is 5.93. The van der Waals surface area contributed by atoms with E-state index in [0.717, 1.165) is 6.42 Å². The molecule has 0 aliphatic heterocycles. The lowest BCUT2D eigenvalue weighted by atomic mass is 10.1. The van der Waals surface area contributed by atoms with Gasteiger partial charge in [0.25, 0.3) is 0 Å². The number of amides is 2. The van der Waals surface area contributed by atoms with Gasteiger partial charge in [0.2, 0.25) is 11.8 Å². The Labute approximate surface area is 76.6 Å². The molecule has 1 aliphatic rings. The number of carbonyl (C=O) groups is 2. The second-order valence-corrected chi connectivity index (χ2v) is 3.97. The molecule has 0 aromatic heterocycles. The van der Waals surface area contributed by atoms with Crippen LogP contribution in [0.2, 0.25) is 0 Å². The van der Waals surface area contributed by atoms with Crippen LogP contribution in [0.5, 0.6) is 0 Å². The molecule has 1 aliphatic carbocycles. The Hall–Kier alpha value is -1.10. The Balaban J connectivity index is 2.17. The van der Waals surface area contributed by atoms with E-state index in [1.165, 1.54) is 0 Å². The maximum atomic E-state index is 11.2. The van der Waals surface area contributed by atoms with Crippen LogP contribution in [-0.2, 0) is 14.4 Å². The van der Waals surface area contributed by atoms with E-state index in [1.54, 1.807) is 0 Å². The summed E-state index contributed by atoms with van der Waals surface area (Å²) in [6.45, 7) is 3.73. The van der Waals surface area contributed by atoms with Crippen molar-refractivity contribution in [1.29, 1.82) is 0 Å². The van der Waals surface area contributed by atoms with E-state index in [1.807, 2.05) is 13.8 Å². The third kappa shape index (κ3) is 2.69. The van der Waals surface area contributed by atoms with E-state index >= 15 is 0 Å². The average molecular weight is 186 g/mol. The second-order valence-electron chi connectivity index (χ2n) is 3.97. The van der Waals surface area contributed by atoms with Crippen molar-refractivity contribution in [3.05, 3.63) is 0 Å². The highest BCUT2D eigenvalue weighted by atomic mass is 16.7. The van der Waals surface area contributed by atoms with Crippen LogP contribution < -0.4 is 11.2 Å². The molecule has 0 radical (unpaired) electrons. The number of primary amides is 1. The molecule has 0 saturated heterocycles. The van der Waals surface area contributed by atoms with E-state index in [-0.39, 0.29) is 23.8 Å². The quantitative estimate of drug-likeness (QED) is 0.584. The Morgan fingerprint density at radius 2 is 2.15 bits per heavy atom. The first-order valence-corrected chi connectivity index (χ1v) is 4.13. The van der Waals surface area contributed by atoms with Gasteiger partial charge in [-0.05, 0) is 11.8 Å². The summed E-state index contributed by atoms with van der Waals surface area (Å²) < 4.78 is 0. The average Bonchev–Trinajstić information content (AvgIpc) is 2.59. The Morgan fingerprint density at radius 1 is 1.62 bits per heavy atom. The van der Waals surface area contributed by atoms with Crippen LogP contribution in [0.4, 0.5) is 0 Å².